The number of hydrogen-bond donors (Lipinski definition) is 1. The Bertz CT molecular complexity index is 815. The highest BCUT2D eigenvalue weighted by molar-refractivity contribution is 5.86. The van der Waals surface area contributed by atoms with Gasteiger partial charge in [-0.05, 0) is 44.4 Å². The molecule has 0 aliphatic rings. The van der Waals surface area contributed by atoms with Crippen LogP contribution in [0.15, 0.2) is 54.6 Å². The SMILES string of the molecule is COc1ccccc1CCN(C)C(=O)C(NC(=O)OC(C)(C)C)c1ccccc1. The van der Waals surface area contributed by atoms with Crippen molar-refractivity contribution in [3.63, 3.8) is 0 Å². The van der Waals surface area contributed by atoms with E-state index < -0.39 is 17.7 Å². The first kappa shape index (κ1) is 22.3. The van der Waals surface area contributed by atoms with E-state index in [0.717, 1.165) is 11.3 Å². The monoisotopic (exact) mass is 398 g/mol. The summed E-state index contributed by atoms with van der Waals surface area (Å²) in [7, 11) is 3.36. The van der Waals surface area contributed by atoms with Gasteiger partial charge in [-0.15, -0.1) is 0 Å². The lowest BCUT2D eigenvalue weighted by atomic mass is 10.1. The first-order valence-corrected chi connectivity index (χ1v) is 9.62. The third kappa shape index (κ3) is 6.82. The van der Waals surface area contributed by atoms with Gasteiger partial charge in [0.1, 0.15) is 17.4 Å². The zero-order chi connectivity index (χ0) is 21.4. The molecule has 0 heterocycles. The maximum atomic E-state index is 13.1. The zero-order valence-corrected chi connectivity index (χ0v) is 17.8. The van der Waals surface area contributed by atoms with Crippen LogP contribution in [0.25, 0.3) is 0 Å². The summed E-state index contributed by atoms with van der Waals surface area (Å²) in [5.41, 5.74) is 1.07. The Morgan fingerprint density at radius 3 is 2.28 bits per heavy atom. The van der Waals surface area contributed by atoms with Gasteiger partial charge in [-0.2, -0.15) is 0 Å². The Labute approximate surface area is 172 Å². The number of likely N-dealkylation sites (N-methyl/N-ethyl adjacent to an activating group) is 1. The number of carbonyl (C=O) groups is 2. The lowest BCUT2D eigenvalue weighted by Gasteiger charge is -2.27. The van der Waals surface area contributed by atoms with Gasteiger partial charge in [0, 0.05) is 13.6 Å². The molecule has 2 aromatic rings. The molecule has 0 saturated carbocycles. The molecule has 6 heteroatoms. The van der Waals surface area contributed by atoms with E-state index in [-0.39, 0.29) is 5.91 Å². The molecule has 2 amide bonds. The summed E-state index contributed by atoms with van der Waals surface area (Å²) >= 11 is 0. The number of alkyl carbamates (subject to hydrolysis) is 1. The minimum Gasteiger partial charge on any atom is -0.496 e. The molecular formula is C23H30N2O4. The number of benzene rings is 2. The predicted molar refractivity (Wildman–Crippen MR) is 113 cm³/mol. The quantitative estimate of drug-likeness (QED) is 0.767. The molecule has 29 heavy (non-hydrogen) atoms. The normalized spacial score (nSPS) is 12.0. The van der Waals surface area contributed by atoms with Crippen LogP contribution in [-0.4, -0.2) is 43.2 Å². The largest absolute Gasteiger partial charge is 0.496 e. The summed E-state index contributed by atoms with van der Waals surface area (Å²) in [5, 5.41) is 2.71. The second kappa shape index (κ2) is 9.96. The van der Waals surface area contributed by atoms with Crippen molar-refractivity contribution in [2.75, 3.05) is 20.7 Å². The molecule has 0 saturated heterocycles. The maximum absolute atomic E-state index is 13.1. The molecule has 0 spiro atoms. The average molecular weight is 399 g/mol. The molecule has 1 unspecified atom stereocenters. The lowest BCUT2D eigenvalue weighted by Crippen LogP contribution is -2.43. The van der Waals surface area contributed by atoms with Gasteiger partial charge in [0.05, 0.1) is 7.11 Å². The van der Waals surface area contributed by atoms with Crippen molar-refractivity contribution in [3.05, 3.63) is 65.7 Å². The predicted octanol–water partition coefficient (Wildman–Crippen LogP) is 3.96. The van der Waals surface area contributed by atoms with Crippen LogP contribution in [-0.2, 0) is 16.0 Å². The highest BCUT2D eigenvalue weighted by Crippen LogP contribution is 2.20. The molecule has 6 nitrogen and oxygen atoms in total. The molecule has 156 valence electrons. The molecule has 1 atom stereocenters. The third-order valence-corrected chi connectivity index (χ3v) is 4.33. The number of nitrogens with one attached hydrogen (secondary N) is 1. The number of amides is 2. The molecule has 0 aliphatic carbocycles. The van der Waals surface area contributed by atoms with Crippen molar-refractivity contribution in [1.29, 1.82) is 0 Å². The van der Waals surface area contributed by atoms with E-state index in [1.807, 2.05) is 54.6 Å². The summed E-state index contributed by atoms with van der Waals surface area (Å²) in [6.07, 6.45) is 0.0121. The van der Waals surface area contributed by atoms with E-state index in [1.165, 1.54) is 0 Å². The molecular weight excluding hydrogens is 368 g/mol. The molecule has 0 aromatic heterocycles. The van der Waals surface area contributed by atoms with Gasteiger partial charge in [0.25, 0.3) is 0 Å². The number of rotatable bonds is 7. The highest BCUT2D eigenvalue weighted by Gasteiger charge is 2.28. The van der Waals surface area contributed by atoms with E-state index in [2.05, 4.69) is 5.32 Å². The molecule has 0 aliphatic heterocycles. The fourth-order valence-electron chi connectivity index (χ4n) is 2.89. The Balaban J connectivity index is 2.12. The van der Waals surface area contributed by atoms with Crippen LogP contribution in [0.5, 0.6) is 5.75 Å². The summed E-state index contributed by atoms with van der Waals surface area (Å²) in [6, 6.07) is 16.1. The van der Waals surface area contributed by atoms with Gasteiger partial charge < -0.3 is 19.7 Å². The Morgan fingerprint density at radius 1 is 1.03 bits per heavy atom. The van der Waals surface area contributed by atoms with Gasteiger partial charge in [-0.25, -0.2) is 4.79 Å². The third-order valence-electron chi connectivity index (χ3n) is 4.33. The number of carbonyl (C=O) groups excluding carboxylic acids is 2. The van der Waals surface area contributed by atoms with Crippen LogP contribution in [0.2, 0.25) is 0 Å². The number of hydrogen-bond acceptors (Lipinski definition) is 4. The second-order valence-electron chi connectivity index (χ2n) is 7.81. The topological polar surface area (TPSA) is 67.9 Å². The van der Waals surface area contributed by atoms with Crippen molar-refractivity contribution in [3.8, 4) is 5.75 Å². The van der Waals surface area contributed by atoms with Crippen molar-refractivity contribution in [1.82, 2.24) is 10.2 Å². The minimum atomic E-state index is -0.825. The van der Waals surface area contributed by atoms with Crippen molar-refractivity contribution < 1.29 is 19.1 Å². The highest BCUT2D eigenvalue weighted by atomic mass is 16.6. The van der Waals surface area contributed by atoms with Gasteiger partial charge in [0.2, 0.25) is 5.91 Å². The smallest absolute Gasteiger partial charge is 0.408 e. The van der Waals surface area contributed by atoms with Crippen LogP contribution in [0.3, 0.4) is 0 Å². The van der Waals surface area contributed by atoms with Crippen molar-refractivity contribution >= 4 is 12.0 Å². The first-order valence-electron chi connectivity index (χ1n) is 9.62. The Hall–Kier alpha value is -3.02. The fraction of sp³-hybridized carbons (Fsp3) is 0.391. The number of nitrogens with zero attached hydrogens (tertiary/aromatic N) is 1. The number of para-hydroxylation sites is 1. The summed E-state index contributed by atoms with van der Waals surface area (Å²) in [4.78, 5) is 27.1. The van der Waals surface area contributed by atoms with Crippen LogP contribution < -0.4 is 10.1 Å². The van der Waals surface area contributed by atoms with Gasteiger partial charge in [0.15, 0.2) is 0 Å². The maximum Gasteiger partial charge on any atom is 0.408 e. The van der Waals surface area contributed by atoms with Crippen molar-refractivity contribution in [2.24, 2.45) is 0 Å². The van der Waals surface area contributed by atoms with E-state index in [0.29, 0.717) is 18.5 Å². The summed E-state index contributed by atoms with van der Waals surface area (Å²) < 4.78 is 10.7. The van der Waals surface area contributed by atoms with Gasteiger partial charge in [-0.3, -0.25) is 4.79 Å². The molecule has 2 aromatic carbocycles. The molecule has 0 bridgehead atoms. The molecule has 0 fully saturated rings. The standard InChI is InChI=1S/C23H30N2O4/c1-23(2,3)29-22(27)24-20(18-12-7-6-8-13-18)21(26)25(4)16-15-17-11-9-10-14-19(17)28-5/h6-14,20H,15-16H2,1-5H3,(H,24,27). The summed E-state index contributed by atoms with van der Waals surface area (Å²) in [5.74, 6) is 0.580. The van der Waals surface area contributed by atoms with E-state index in [9.17, 15) is 9.59 Å². The van der Waals surface area contributed by atoms with Crippen LogP contribution >= 0.6 is 0 Å². The number of ether oxygens (including phenoxy) is 2. The minimum absolute atomic E-state index is 0.211. The van der Waals surface area contributed by atoms with Crippen molar-refractivity contribution in [2.45, 2.75) is 38.8 Å². The van der Waals surface area contributed by atoms with E-state index in [1.54, 1.807) is 39.8 Å². The molecule has 0 radical (unpaired) electrons. The molecule has 2 rings (SSSR count). The first-order chi connectivity index (χ1) is 13.7. The summed E-state index contributed by atoms with van der Waals surface area (Å²) in [6.45, 7) is 5.83. The number of methoxy groups -OCH3 is 1. The van der Waals surface area contributed by atoms with Gasteiger partial charge in [-0.1, -0.05) is 48.5 Å². The zero-order valence-electron chi connectivity index (χ0n) is 17.8. The lowest BCUT2D eigenvalue weighted by molar-refractivity contribution is -0.132. The fourth-order valence-corrected chi connectivity index (χ4v) is 2.89. The van der Waals surface area contributed by atoms with Crippen LogP contribution in [0.4, 0.5) is 4.79 Å². The Kier molecular flexibility index (Phi) is 7.65. The van der Waals surface area contributed by atoms with Gasteiger partial charge >= 0.3 is 6.09 Å². The molecule has 1 N–H and O–H groups in total. The van der Waals surface area contributed by atoms with Crippen LogP contribution in [0.1, 0.15) is 37.9 Å². The van der Waals surface area contributed by atoms with E-state index >= 15 is 0 Å². The average Bonchev–Trinajstić information content (AvgIpc) is 2.69. The van der Waals surface area contributed by atoms with Crippen LogP contribution in [0, 0.1) is 0 Å². The van der Waals surface area contributed by atoms with E-state index in [4.69, 9.17) is 9.47 Å². The Morgan fingerprint density at radius 2 is 1.66 bits per heavy atom. The second-order valence-corrected chi connectivity index (χ2v) is 7.81.